The molecule has 0 saturated heterocycles. The van der Waals surface area contributed by atoms with Crippen LogP contribution in [0.15, 0.2) is 12.2 Å². The third-order valence-electron chi connectivity index (χ3n) is 15.3. The molecule has 0 bridgehead atoms. The van der Waals surface area contributed by atoms with Gasteiger partial charge in [-0.3, -0.25) is 9.59 Å². The van der Waals surface area contributed by atoms with E-state index in [2.05, 4.69) is 31.3 Å². The zero-order valence-electron chi connectivity index (χ0n) is 48.2. The van der Waals surface area contributed by atoms with Crippen molar-refractivity contribution in [2.24, 2.45) is 0 Å². The van der Waals surface area contributed by atoms with Crippen molar-refractivity contribution in [3.05, 3.63) is 12.2 Å². The molecule has 1 amide bonds. The first-order valence-corrected chi connectivity index (χ1v) is 32.4. The Labute approximate surface area is 444 Å². The largest absolute Gasteiger partial charge is 0.466 e. The number of hydrogen-bond acceptors (Lipinski definition) is 5. The molecule has 6 heteroatoms. The van der Waals surface area contributed by atoms with Gasteiger partial charge in [0.25, 0.3) is 0 Å². The van der Waals surface area contributed by atoms with Crippen LogP contribution in [0, 0.1) is 0 Å². The van der Waals surface area contributed by atoms with E-state index in [1.807, 2.05) is 0 Å². The highest BCUT2D eigenvalue weighted by Crippen LogP contribution is 2.18. The second kappa shape index (κ2) is 61.1. The van der Waals surface area contributed by atoms with Gasteiger partial charge in [-0.05, 0) is 51.4 Å². The molecule has 0 aliphatic rings. The van der Waals surface area contributed by atoms with E-state index in [0.717, 1.165) is 44.9 Å². The number of hydrogen-bond donors (Lipinski definition) is 3. The van der Waals surface area contributed by atoms with Crippen LogP contribution in [0.2, 0.25) is 0 Å². The number of carbonyl (C=O) groups excluding carboxylic acids is 2. The first-order chi connectivity index (χ1) is 35.0. The summed E-state index contributed by atoms with van der Waals surface area (Å²) in [4.78, 5) is 24.6. The van der Waals surface area contributed by atoms with Gasteiger partial charge in [-0.2, -0.15) is 0 Å². The Balaban J connectivity index is 3.41. The van der Waals surface area contributed by atoms with Gasteiger partial charge < -0.3 is 20.3 Å². The monoisotopic (exact) mass is 1000 g/mol. The average molecular weight is 1000 g/mol. The van der Waals surface area contributed by atoms with Crippen molar-refractivity contribution in [3.8, 4) is 0 Å². The number of aliphatic hydroxyl groups excluding tert-OH is 2. The van der Waals surface area contributed by atoms with Gasteiger partial charge >= 0.3 is 5.97 Å². The number of rotatable bonds is 61. The molecule has 0 aliphatic carbocycles. The predicted molar refractivity (Wildman–Crippen MR) is 310 cm³/mol. The SMILES string of the molecule is CCCCCCCC/C=C\CCCCCCCC(=O)OCCCCCCCCCCCCCCCCCCCC(=O)NC(CO)C(O)CCCCCCCCCCCCCCCCCCCCCCCC. The molecule has 0 fully saturated rings. The number of ether oxygens (including phenoxy) is 1. The van der Waals surface area contributed by atoms with Gasteiger partial charge in [0.1, 0.15) is 0 Å². The van der Waals surface area contributed by atoms with Crippen LogP contribution in [-0.2, 0) is 14.3 Å². The predicted octanol–water partition coefficient (Wildman–Crippen LogP) is 20.4. The summed E-state index contributed by atoms with van der Waals surface area (Å²) < 4.78 is 5.48. The second-order valence-corrected chi connectivity index (χ2v) is 22.5. The van der Waals surface area contributed by atoms with E-state index in [1.54, 1.807) is 0 Å². The number of amides is 1. The molecule has 2 atom stereocenters. The molecule has 0 aromatic rings. The van der Waals surface area contributed by atoms with Crippen molar-refractivity contribution in [2.45, 2.75) is 379 Å². The van der Waals surface area contributed by atoms with Crippen LogP contribution in [0.4, 0.5) is 0 Å². The summed E-state index contributed by atoms with van der Waals surface area (Å²) in [5.41, 5.74) is 0. The third kappa shape index (κ3) is 57.7. The van der Waals surface area contributed by atoms with Crippen LogP contribution in [0.5, 0.6) is 0 Å². The molecule has 422 valence electrons. The van der Waals surface area contributed by atoms with Crippen molar-refractivity contribution in [2.75, 3.05) is 13.2 Å². The van der Waals surface area contributed by atoms with Gasteiger partial charge in [0, 0.05) is 12.8 Å². The highest BCUT2D eigenvalue weighted by Gasteiger charge is 2.20. The Hall–Kier alpha value is -1.40. The van der Waals surface area contributed by atoms with Crippen molar-refractivity contribution < 1.29 is 24.5 Å². The molecule has 3 N–H and O–H groups in total. The maximum atomic E-state index is 12.5. The van der Waals surface area contributed by atoms with E-state index < -0.39 is 12.1 Å². The first-order valence-electron chi connectivity index (χ1n) is 32.4. The normalized spacial score (nSPS) is 12.6. The second-order valence-electron chi connectivity index (χ2n) is 22.5. The van der Waals surface area contributed by atoms with E-state index >= 15 is 0 Å². The van der Waals surface area contributed by atoms with Crippen LogP contribution in [-0.4, -0.2) is 47.4 Å². The quantitative estimate of drug-likeness (QED) is 0.0320. The lowest BCUT2D eigenvalue weighted by Gasteiger charge is -2.22. The molecular weight excluding hydrogens is 875 g/mol. The van der Waals surface area contributed by atoms with Crippen molar-refractivity contribution >= 4 is 11.9 Å². The number of allylic oxidation sites excluding steroid dienone is 2. The summed E-state index contributed by atoms with van der Waals surface area (Å²) in [6.45, 7) is 4.97. The Bertz CT molecular complexity index is 1060. The van der Waals surface area contributed by atoms with Gasteiger partial charge in [0.15, 0.2) is 0 Å². The standard InChI is InChI=1S/C65H127NO5/c1-3-5-7-9-11-13-15-17-19-20-21-22-23-24-26-30-33-37-41-45-49-53-57-63(68)62(61-67)66-64(69)58-54-50-46-42-38-34-31-27-25-28-32-36-40-44-48-52-56-60-71-65(70)59-55-51-47-43-39-35-29-18-16-14-12-10-8-6-4-2/h18,29,62-63,67-68H,3-17,19-28,30-61H2,1-2H3,(H,66,69)/b29-18-. The molecule has 2 unspecified atom stereocenters. The summed E-state index contributed by atoms with van der Waals surface area (Å²) in [6, 6.07) is -0.546. The fraction of sp³-hybridized carbons (Fsp3) is 0.938. The summed E-state index contributed by atoms with van der Waals surface area (Å²) >= 11 is 0. The summed E-state index contributed by atoms with van der Waals surface area (Å²) in [5.74, 6) is -0.0374. The molecule has 0 radical (unpaired) electrons. The lowest BCUT2D eigenvalue weighted by molar-refractivity contribution is -0.143. The Kier molecular flexibility index (Phi) is 59.9. The zero-order valence-corrected chi connectivity index (χ0v) is 48.2. The van der Waals surface area contributed by atoms with E-state index in [-0.39, 0.29) is 18.5 Å². The molecule has 0 aromatic carbocycles. The van der Waals surface area contributed by atoms with Crippen molar-refractivity contribution in [1.29, 1.82) is 0 Å². The van der Waals surface area contributed by atoms with Gasteiger partial charge in [-0.25, -0.2) is 0 Å². The van der Waals surface area contributed by atoms with Crippen molar-refractivity contribution in [1.82, 2.24) is 5.32 Å². The highest BCUT2D eigenvalue weighted by molar-refractivity contribution is 5.76. The topological polar surface area (TPSA) is 95.9 Å². The Morgan fingerprint density at radius 3 is 1.00 bits per heavy atom. The third-order valence-corrected chi connectivity index (χ3v) is 15.3. The minimum Gasteiger partial charge on any atom is -0.466 e. The summed E-state index contributed by atoms with van der Waals surface area (Å²) in [6.07, 6.45) is 73.6. The zero-order chi connectivity index (χ0) is 51.4. The fourth-order valence-electron chi connectivity index (χ4n) is 10.3. The van der Waals surface area contributed by atoms with Crippen LogP contribution in [0.3, 0.4) is 0 Å². The van der Waals surface area contributed by atoms with Crippen LogP contribution in [0.25, 0.3) is 0 Å². The molecule has 0 heterocycles. The number of unbranched alkanes of at least 4 members (excludes halogenated alkanes) is 48. The maximum absolute atomic E-state index is 12.5. The van der Waals surface area contributed by atoms with Gasteiger partial charge in [0.2, 0.25) is 5.91 Å². The molecule has 0 rings (SSSR count). The van der Waals surface area contributed by atoms with E-state index in [9.17, 15) is 19.8 Å². The lowest BCUT2D eigenvalue weighted by Crippen LogP contribution is -2.45. The molecule has 0 aromatic heterocycles. The molecular formula is C65H127NO5. The molecule has 0 aliphatic heterocycles. The van der Waals surface area contributed by atoms with E-state index in [4.69, 9.17) is 4.74 Å². The maximum Gasteiger partial charge on any atom is 0.305 e. The van der Waals surface area contributed by atoms with Crippen LogP contribution < -0.4 is 5.32 Å². The minimum absolute atomic E-state index is 0.00130. The number of esters is 1. The number of carbonyl (C=O) groups is 2. The molecule has 6 nitrogen and oxygen atoms in total. The Morgan fingerprint density at radius 1 is 0.380 bits per heavy atom. The lowest BCUT2D eigenvalue weighted by atomic mass is 10.0. The summed E-state index contributed by atoms with van der Waals surface area (Å²) in [7, 11) is 0. The van der Waals surface area contributed by atoms with Crippen LogP contribution in [0.1, 0.15) is 367 Å². The highest BCUT2D eigenvalue weighted by atomic mass is 16.5. The average Bonchev–Trinajstić information content (AvgIpc) is 3.37. The Morgan fingerprint density at radius 2 is 0.662 bits per heavy atom. The first kappa shape index (κ1) is 69.6. The van der Waals surface area contributed by atoms with Crippen molar-refractivity contribution in [3.63, 3.8) is 0 Å². The molecule has 0 saturated carbocycles. The van der Waals surface area contributed by atoms with Gasteiger partial charge in [-0.1, -0.05) is 315 Å². The molecule has 71 heavy (non-hydrogen) atoms. The van der Waals surface area contributed by atoms with E-state index in [1.165, 1.54) is 289 Å². The van der Waals surface area contributed by atoms with Gasteiger partial charge in [0.05, 0.1) is 25.4 Å². The van der Waals surface area contributed by atoms with Crippen LogP contribution >= 0.6 is 0 Å². The molecule has 0 spiro atoms. The number of nitrogens with one attached hydrogen (secondary N) is 1. The summed E-state index contributed by atoms with van der Waals surface area (Å²) in [5, 5.41) is 23.4. The smallest absolute Gasteiger partial charge is 0.305 e. The van der Waals surface area contributed by atoms with E-state index in [0.29, 0.717) is 25.9 Å². The number of aliphatic hydroxyl groups is 2. The fourth-order valence-corrected chi connectivity index (χ4v) is 10.3. The minimum atomic E-state index is -0.669. The van der Waals surface area contributed by atoms with Gasteiger partial charge in [-0.15, -0.1) is 0 Å².